The zero-order valence-electron chi connectivity index (χ0n) is 9.09. The first-order valence-electron chi connectivity index (χ1n) is 4.69. The van der Waals surface area contributed by atoms with E-state index in [1.165, 1.54) is 4.68 Å². The largest absolute Gasteiger partial charge is 0.313 e. The van der Waals surface area contributed by atoms with Gasteiger partial charge in [0.25, 0.3) is 5.95 Å². The summed E-state index contributed by atoms with van der Waals surface area (Å²) in [6, 6.07) is 0. The summed E-state index contributed by atoms with van der Waals surface area (Å²) in [4.78, 5) is 18.6. The van der Waals surface area contributed by atoms with E-state index in [2.05, 4.69) is 37.7 Å². The smallest absolute Gasteiger partial charge is 0.258 e. The molecule has 0 radical (unpaired) electrons. The van der Waals surface area contributed by atoms with Crippen LogP contribution in [-0.4, -0.2) is 24.7 Å². The molecular formula is C9H8IN5O2. The molecule has 0 aromatic carbocycles. The zero-order valence-corrected chi connectivity index (χ0v) is 11.2. The average Bonchev–Trinajstić information content (AvgIpc) is 2.55. The highest BCUT2D eigenvalue weighted by Gasteiger charge is 2.23. The Labute approximate surface area is 110 Å². The van der Waals surface area contributed by atoms with E-state index < -0.39 is 4.92 Å². The molecule has 7 nitrogen and oxygen atoms in total. The Kier molecular flexibility index (Phi) is 3.05. The summed E-state index contributed by atoms with van der Waals surface area (Å²) in [5.74, 6) is 0.333. The number of hydrogen-bond acceptors (Lipinski definition) is 5. The van der Waals surface area contributed by atoms with E-state index in [0.717, 1.165) is 3.57 Å². The van der Waals surface area contributed by atoms with E-state index in [1.54, 1.807) is 26.2 Å². The van der Waals surface area contributed by atoms with E-state index in [1.807, 2.05) is 0 Å². The maximum Gasteiger partial charge on any atom is 0.313 e. The summed E-state index contributed by atoms with van der Waals surface area (Å²) in [5.41, 5.74) is 0.788. The lowest BCUT2D eigenvalue weighted by atomic mass is 10.3. The van der Waals surface area contributed by atoms with Crippen LogP contribution in [0.3, 0.4) is 0 Å². The predicted octanol–water partition coefficient (Wildman–Crippen LogP) is 1.79. The molecule has 0 bridgehead atoms. The molecule has 0 unspecified atom stereocenters. The van der Waals surface area contributed by atoms with E-state index in [9.17, 15) is 10.1 Å². The van der Waals surface area contributed by atoms with Gasteiger partial charge in [0.15, 0.2) is 0 Å². The number of nitro groups is 1. The summed E-state index contributed by atoms with van der Waals surface area (Å²) in [7, 11) is 0. The second-order valence-electron chi connectivity index (χ2n) is 3.39. The molecule has 88 valence electrons. The standard InChI is InChI=1S/C9H8IN5O2/c1-5-8(15(16)17)6(2)14(13-5)9-11-3-7(10)4-12-9/h3-4H,1-2H3. The second-order valence-corrected chi connectivity index (χ2v) is 4.64. The van der Waals surface area contributed by atoms with Crippen LogP contribution >= 0.6 is 22.6 Å². The first-order chi connectivity index (χ1) is 8.00. The third kappa shape index (κ3) is 2.12. The number of aryl methyl sites for hydroxylation is 1. The van der Waals surface area contributed by atoms with Crippen molar-refractivity contribution >= 4 is 28.3 Å². The van der Waals surface area contributed by atoms with Crippen molar-refractivity contribution in [2.75, 3.05) is 0 Å². The van der Waals surface area contributed by atoms with Crippen LogP contribution in [0.1, 0.15) is 11.4 Å². The number of nitrogens with zero attached hydrogens (tertiary/aromatic N) is 5. The van der Waals surface area contributed by atoms with Crippen molar-refractivity contribution in [1.82, 2.24) is 19.7 Å². The third-order valence-corrected chi connectivity index (χ3v) is 2.79. The maximum atomic E-state index is 10.9. The molecule has 0 saturated carbocycles. The molecule has 2 aromatic rings. The normalized spacial score (nSPS) is 10.5. The highest BCUT2D eigenvalue weighted by Crippen LogP contribution is 2.23. The van der Waals surface area contributed by atoms with Crippen LogP contribution in [0.15, 0.2) is 12.4 Å². The van der Waals surface area contributed by atoms with E-state index >= 15 is 0 Å². The van der Waals surface area contributed by atoms with Crippen LogP contribution < -0.4 is 0 Å². The molecule has 0 aliphatic rings. The van der Waals surface area contributed by atoms with Crippen molar-refractivity contribution in [3.8, 4) is 5.95 Å². The van der Waals surface area contributed by atoms with Crippen molar-refractivity contribution in [3.05, 3.63) is 37.5 Å². The molecule has 0 N–H and O–H groups in total. The molecule has 2 heterocycles. The minimum Gasteiger partial charge on any atom is -0.258 e. The van der Waals surface area contributed by atoms with Crippen LogP contribution in [0, 0.1) is 27.5 Å². The van der Waals surface area contributed by atoms with Gasteiger partial charge in [0, 0.05) is 16.0 Å². The van der Waals surface area contributed by atoms with Crippen LogP contribution in [0.4, 0.5) is 5.69 Å². The molecular weight excluding hydrogens is 337 g/mol. The third-order valence-electron chi connectivity index (χ3n) is 2.23. The first kappa shape index (κ1) is 11.9. The van der Waals surface area contributed by atoms with Crippen LogP contribution in [0.5, 0.6) is 0 Å². The Bertz CT molecular complexity index is 578. The van der Waals surface area contributed by atoms with Gasteiger partial charge >= 0.3 is 5.69 Å². The van der Waals surface area contributed by atoms with Gasteiger partial charge in [0.05, 0.1) is 4.92 Å². The fraction of sp³-hybridized carbons (Fsp3) is 0.222. The predicted molar refractivity (Wildman–Crippen MR) is 68.0 cm³/mol. The minimum atomic E-state index is -0.444. The van der Waals surface area contributed by atoms with Crippen molar-refractivity contribution in [2.24, 2.45) is 0 Å². The molecule has 8 heteroatoms. The molecule has 2 rings (SSSR count). The highest BCUT2D eigenvalue weighted by molar-refractivity contribution is 14.1. The fourth-order valence-electron chi connectivity index (χ4n) is 1.51. The molecule has 0 aliphatic carbocycles. The Morgan fingerprint density at radius 2 is 1.94 bits per heavy atom. The van der Waals surface area contributed by atoms with Gasteiger partial charge in [-0.05, 0) is 36.4 Å². The van der Waals surface area contributed by atoms with Gasteiger partial charge in [-0.1, -0.05) is 0 Å². The number of aromatic nitrogens is 4. The summed E-state index contributed by atoms with van der Waals surface area (Å²) in [5, 5.41) is 14.9. The molecule has 0 aliphatic heterocycles. The van der Waals surface area contributed by atoms with Crippen LogP contribution in [-0.2, 0) is 0 Å². The minimum absolute atomic E-state index is 0.00662. The van der Waals surface area contributed by atoms with Gasteiger partial charge in [-0.2, -0.15) is 9.78 Å². The number of hydrogen-bond donors (Lipinski definition) is 0. The van der Waals surface area contributed by atoms with Crippen molar-refractivity contribution in [3.63, 3.8) is 0 Å². The lowest BCUT2D eigenvalue weighted by Crippen LogP contribution is -2.05. The Morgan fingerprint density at radius 3 is 2.41 bits per heavy atom. The summed E-state index contributed by atoms with van der Waals surface area (Å²) in [6.45, 7) is 3.22. The molecule has 17 heavy (non-hydrogen) atoms. The lowest BCUT2D eigenvalue weighted by molar-refractivity contribution is -0.386. The van der Waals surface area contributed by atoms with Gasteiger partial charge in [0.2, 0.25) is 0 Å². The van der Waals surface area contributed by atoms with Gasteiger partial charge < -0.3 is 0 Å². The fourth-order valence-corrected chi connectivity index (χ4v) is 1.79. The number of halogens is 1. The van der Waals surface area contributed by atoms with Crippen LogP contribution in [0.2, 0.25) is 0 Å². The molecule has 0 spiro atoms. The molecule has 2 aromatic heterocycles. The summed E-state index contributed by atoms with van der Waals surface area (Å²) >= 11 is 2.08. The molecule has 0 saturated heterocycles. The molecule has 0 atom stereocenters. The van der Waals surface area contributed by atoms with E-state index in [-0.39, 0.29) is 5.69 Å². The zero-order chi connectivity index (χ0) is 12.6. The lowest BCUT2D eigenvalue weighted by Gasteiger charge is -2.00. The quantitative estimate of drug-likeness (QED) is 0.471. The summed E-state index contributed by atoms with van der Waals surface area (Å²) in [6.07, 6.45) is 3.26. The molecule has 0 fully saturated rings. The monoisotopic (exact) mass is 345 g/mol. The van der Waals surface area contributed by atoms with Gasteiger partial charge in [-0.15, -0.1) is 0 Å². The topological polar surface area (TPSA) is 86.7 Å². The molecule has 0 amide bonds. The number of rotatable bonds is 2. The first-order valence-corrected chi connectivity index (χ1v) is 5.77. The van der Waals surface area contributed by atoms with Gasteiger partial charge in [0.1, 0.15) is 11.4 Å². The van der Waals surface area contributed by atoms with Gasteiger partial charge in [-0.3, -0.25) is 10.1 Å². The van der Waals surface area contributed by atoms with E-state index in [4.69, 9.17) is 0 Å². The van der Waals surface area contributed by atoms with Crippen molar-refractivity contribution < 1.29 is 4.92 Å². The Hall–Kier alpha value is -1.58. The van der Waals surface area contributed by atoms with E-state index in [0.29, 0.717) is 17.3 Å². The Balaban J connectivity index is 2.57. The van der Waals surface area contributed by atoms with Gasteiger partial charge in [-0.25, -0.2) is 9.97 Å². The maximum absolute atomic E-state index is 10.9. The van der Waals surface area contributed by atoms with Crippen LogP contribution in [0.25, 0.3) is 5.95 Å². The van der Waals surface area contributed by atoms with Crippen molar-refractivity contribution in [2.45, 2.75) is 13.8 Å². The van der Waals surface area contributed by atoms with Crippen molar-refractivity contribution in [1.29, 1.82) is 0 Å². The highest BCUT2D eigenvalue weighted by atomic mass is 127. The SMILES string of the molecule is Cc1nn(-c2ncc(I)cn2)c(C)c1[N+](=O)[O-]. The Morgan fingerprint density at radius 1 is 1.35 bits per heavy atom. The average molecular weight is 345 g/mol. The summed E-state index contributed by atoms with van der Waals surface area (Å²) < 4.78 is 2.27. The second kappa shape index (κ2) is 4.35.